The average molecular weight is 384 g/mol. The van der Waals surface area contributed by atoms with Crippen molar-refractivity contribution in [1.29, 1.82) is 0 Å². The molecule has 26 heavy (non-hydrogen) atoms. The standard InChI is InChI=1S/C18H29N3O4S/c1-6-13-21(14-17(22)19(4)5)26(24,25)16-11-9-15(10-12-16)18(23)20(7-2)8-3/h9-12H,6-8,13-14H2,1-5H3. The highest BCUT2D eigenvalue weighted by Crippen LogP contribution is 2.18. The van der Waals surface area contributed by atoms with Gasteiger partial charge in [-0.2, -0.15) is 4.31 Å². The van der Waals surface area contributed by atoms with Crippen molar-refractivity contribution in [2.45, 2.75) is 32.1 Å². The third kappa shape index (κ3) is 5.28. The zero-order valence-electron chi connectivity index (χ0n) is 16.2. The highest BCUT2D eigenvalue weighted by atomic mass is 32.2. The van der Waals surface area contributed by atoms with Gasteiger partial charge in [-0.1, -0.05) is 6.92 Å². The Labute approximate surface area is 156 Å². The molecule has 0 spiro atoms. The monoisotopic (exact) mass is 383 g/mol. The van der Waals surface area contributed by atoms with E-state index in [1.165, 1.54) is 33.5 Å². The predicted octanol–water partition coefficient (Wildman–Crippen LogP) is 1.66. The molecule has 0 radical (unpaired) electrons. The second-order valence-corrected chi connectivity index (χ2v) is 8.07. The second kappa shape index (κ2) is 9.68. The first-order chi connectivity index (χ1) is 12.2. The molecule has 1 rings (SSSR count). The molecule has 1 aromatic rings. The number of nitrogens with zero attached hydrogens (tertiary/aromatic N) is 3. The zero-order chi connectivity index (χ0) is 19.9. The summed E-state index contributed by atoms with van der Waals surface area (Å²) in [6.07, 6.45) is 0.596. The first-order valence-electron chi connectivity index (χ1n) is 8.78. The molecule has 0 saturated carbocycles. The van der Waals surface area contributed by atoms with Crippen LogP contribution >= 0.6 is 0 Å². The highest BCUT2D eigenvalue weighted by molar-refractivity contribution is 7.89. The topological polar surface area (TPSA) is 78.0 Å². The minimum Gasteiger partial charge on any atom is -0.348 e. The van der Waals surface area contributed by atoms with E-state index in [0.29, 0.717) is 25.1 Å². The summed E-state index contributed by atoms with van der Waals surface area (Å²) in [5.41, 5.74) is 0.444. The van der Waals surface area contributed by atoms with Gasteiger partial charge >= 0.3 is 0 Å². The van der Waals surface area contributed by atoms with Gasteiger partial charge in [-0.25, -0.2) is 8.42 Å². The van der Waals surface area contributed by atoms with Crippen LogP contribution < -0.4 is 0 Å². The van der Waals surface area contributed by atoms with Crippen LogP contribution in [0.4, 0.5) is 0 Å². The number of hydrogen-bond donors (Lipinski definition) is 0. The molecule has 0 N–H and O–H groups in total. The molecule has 1 aromatic carbocycles. The van der Waals surface area contributed by atoms with Crippen LogP contribution in [0.3, 0.4) is 0 Å². The van der Waals surface area contributed by atoms with Crippen molar-refractivity contribution in [3.63, 3.8) is 0 Å². The van der Waals surface area contributed by atoms with Crippen molar-refractivity contribution >= 4 is 21.8 Å². The SMILES string of the molecule is CCCN(CC(=O)N(C)C)S(=O)(=O)c1ccc(C(=O)N(CC)CC)cc1. The average Bonchev–Trinajstić information content (AvgIpc) is 2.62. The van der Waals surface area contributed by atoms with E-state index < -0.39 is 10.0 Å². The molecule has 0 fully saturated rings. The minimum atomic E-state index is -3.80. The molecular formula is C18H29N3O4S. The van der Waals surface area contributed by atoms with E-state index in [2.05, 4.69) is 0 Å². The summed E-state index contributed by atoms with van der Waals surface area (Å²) in [7, 11) is -0.625. The normalized spacial score (nSPS) is 11.5. The Bertz CT molecular complexity index is 710. The maximum absolute atomic E-state index is 12.9. The van der Waals surface area contributed by atoms with Crippen molar-refractivity contribution < 1.29 is 18.0 Å². The maximum atomic E-state index is 12.9. The van der Waals surface area contributed by atoms with Gasteiger partial charge in [-0.3, -0.25) is 9.59 Å². The molecule has 8 heteroatoms. The lowest BCUT2D eigenvalue weighted by atomic mass is 10.2. The largest absolute Gasteiger partial charge is 0.348 e. The maximum Gasteiger partial charge on any atom is 0.253 e. The third-order valence-corrected chi connectivity index (χ3v) is 5.93. The quantitative estimate of drug-likeness (QED) is 0.650. The Morgan fingerprint density at radius 1 is 0.962 bits per heavy atom. The van der Waals surface area contributed by atoms with E-state index >= 15 is 0 Å². The van der Waals surface area contributed by atoms with Crippen LogP contribution in [0.5, 0.6) is 0 Å². The minimum absolute atomic E-state index is 0.0774. The number of sulfonamides is 1. The van der Waals surface area contributed by atoms with Crippen molar-refractivity contribution in [2.24, 2.45) is 0 Å². The Morgan fingerprint density at radius 2 is 1.50 bits per heavy atom. The first kappa shape index (κ1) is 22.1. The molecule has 0 aliphatic heterocycles. The Morgan fingerprint density at radius 3 is 1.92 bits per heavy atom. The molecule has 0 aliphatic rings. The Balaban J connectivity index is 3.10. The van der Waals surface area contributed by atoms with Crippen LogP contribution in [0.2, 0.25) is 0 Å². The van der Waals surface area contributed by atoms with Gasteiger partial charge in [-0.15, -0.1) is 0 Å². The molecule has 0 bridgehead atoms. The summed E-state index contributed by atoms with van der Waals surface area (Å²) in [5.74, 6) is -0.414. The summed E-state index contributed by atoms with van der Waals surface area (Å²) in [6.45, 7) is 6.87. The van der Waals surface area contributed by atoms with Gasteiger partial charge in [0.1, 0.15) is 0 Å². The molecule has 7 nitrogen and oxygen atoms in total. The predicted molar refractivity (Wildman–Crippen MR) is 101 cm³/mol. The summed E-state index contributed by atoms with van der Waals surface area (Å²) >= 11 is 0. The Kier molecular flexibility index (Phi) is 8.23. The molecule has 0 aliphatic carbocycles. The summed E-state index contributed by atoms with van der Waals surface area (Å²) in [6, 6.07) is 5.89. The van der Waals surface area contributed by atoms with Crippen LogP contribution in [0.15, 0.2) is 29.2 Å². The number of likely N-dealkylation sites (N-methyl/N-ethyl adjacent to an activating group) is 1. The number of hydrogen-bond acceptors (Lipinski definition) is 4. The summed E-state index contributed by atoms with van der Waals surface area (Å²) in [5, 5.41) is 0. The zero-order valence-corrected chi connectivity index (χ0v) is 17.0. The summed E-state index contributed by atoms with van der Waals surface area (Å²) < 4.78 is 26.9. The van der Waals surface area contributed by atoms with Crippen LogP contribution in [-0.4, -0.2) is 74.6 Å². The fourth-order valence-electron chi connectivity index (χ4n) is 2.44. The highest BCUT2D eigenvalue weighted by Gasteiger charge is 2.27. The number of rotatable bonds is 9. The lowest BCUT2D eigenvalue weighted by Crippen LogP contribution is -2.40. The summed E-state index contributed by atoms with van der Waals surface area (Å²) in [4.78, 5) is 27.4. The first-order valence-corrected chi connectivity index (χ1v) is 10.2. The van der Waals surface area contributed by atoms with Crippen LogP contribution in [0.25, 0.3) is 0 Å². The fraction of sp³-hybridized carbons (Fsp3) is 0.556. The lowest BCUT2D eigenvalue weighted by Gasteiger charge is -2.23. The fourth-order valence-corrected chi connectivity index (χ4v) is 3.92. The van der Waals surface area contributed by atoms with Crippen molar-refractivity contribution in [1.82, 2.24) is 14.1 Å². The van der Waals surface area contributed by atoms with E-state index in [1.54, 1.807) is 19.0 Å². The molecule has 0 atom stereocenters. The van der Waals surface area contributed by atoms with Gasteiger partial charge in [0.2, 0.25) is 15.9 Å². The number of benzene rings is 1. The van der Waals surface area contributed by atoms with Crippen molar-refractivity contribution in [3.8, 4) is 0 Å². The lowest BCUT2D eigenvalue weighted by molar-refractivity contribution is -0.128. The van der Waals surface area contributed by atoms with Crippen molar-refractivity contribution in [2.75, 3.05) is 40.3 Å². The third-order valence-electron chi connectivity index (χ3n) is 4.07. The van der Waals surface area contributed by atoms with E-state index in [9.17, 15) is 18.0 Å². The molecule has 2 amide bonds. The van der Waals surface area contributed by atoms with E-state index in [-0.39, 0.29) is 29.8 Å². The molecule has 0 unspecified atom stereocenters. The van der Waals surface area contributed by atoms with Gasteiger partial charge in [0, 0.05) is 39.3 Å². The van der Waals surface area contributed by atoms with Gasteiger partial charge in [0.05, 0.1) is 11.4 Å². The Hall–Kier alpha value is -1.93. The van der Waals surface area contributed by atoms with E-state index in [4.69, 9.17) is 0 Å². The molecular weight excluding hydrogens is 354 g/mol. The van der Waals surface area contributed by atoms with Gasteiger partial charge in [0.15, 0.2) is 0 Å². The second-order valence-electron chi connectivity index (χ2n) is 6.13. The number of carbonyl (C=O) groups is 2. The number of carbonyl (C=O) groups excluding carboxylic acids is 2. The molecule has 0 heterocycles. The van der Waals surface area contributed by atoms with Crippen molar-refractivity contribution in [3.05, 3.63) is 29.8 Å². The molecule has 0 saturated heterocycles. The van der Waals surface area contributed by atoms with Gasteiger partial charge in [0.25, 0.3) is 5.91 Å². The molecule has 0 aromatic heterocycles. The number of amides is 2. The molecule has 146 valence electrons. The smallest absolute Gasteiger partial charge is 0.253 e. The van der Waals surface area contributed by atoms with E-state index in [1.807, 2.05) is 20.8 Å². The van der Waals surface area contributed by atoms with Crippen LogP contribution in [0, 0.1) is 0 Å². The van der Waals surface area contributed by atoms with Gasteiger partial charge in [-0.05, 0) is 44.5 Å². The van der Waals surface area contributed by atoms with E-state index in [0.717, 1.165) is 0 Å². The van der Waals surface area contributed by atoms with Crippen LogP contribution in [0.1, 0.15) is 37.6 Å². The van der Waals surface area contributed by atoms with Crippen LogP contribution in [-0.2, 0) is 14.8 Å². The van der Waals surface area contributed by atoms with Gasteiger partial charge < -0.3 is 9.80 Å².